The molecule has 1 heterocycles. The van der Waals surface area contributed by atoms with Crippen molar-refractivity contribution in [3.8, 4) is 5.75 Å². The van der Waals surface area contributed by atoms with Gasteiger partial charge in [-0.1, -0.05) is 18.2 Å². The lowest BCUT2D eigenvalue weighted by molar-refractivity contribution is -0.134. The van der Waals surface area contributed by atoms with Crippen molar-refractivity contribution in [1.82, 2.24) is 4.31 Å². The maximum Gasteiger partial charge on any atom is 0.311 e. The summed E-state index contributed by atoms with van der Waals surface area (Å²) in [6.45, 7) is 5.17. The first-order valence-electron chi connectivity index (χ1n) is 9.23. The molecule has 1 aliphatic rings. The molecule has 1 saturated heterocycles. The van der Waals surface area contributed by atoms with E-state index in [1.165, 1.54) is 4.31 Å². The van der Waals surface area contributed by atoms with Crippen molar-refractivity contribution in [3.05, 3.63) is 59.2 Å². The molecule has 144 valence electrons. The predicted octanol–water partition coefficient (Wildman–Crippen LogP) is 3.63. The highest BCUT2D eigenvalue weighted by atomic mass is 32.2. The van der Waals surface area contributed by atoms with Crippen LogP contribution in [0.3, 0.4) is 0 Å². The molecule has 5 nitrogen and oxygen atoms in total. The van der Waals surface area contributed by atoms with Gasteiger partial charge in [-0.3, -0.25) is 4.79 Å². The molecule has 1 aliphatic heterocycles. The molecule has 0 bridgehead atoms. The highest BCUT2D eigenvalue weighted by molar-refractivity contribution is 7.89. The summed E-state index contributed by atoms with van der Waals surface area (Å²) in [5.41, 5.74) is 3.14. The van der Waals surface area contributed by atoms with E-state index in [9.17, 15) is 13.2 Å². The Morgan fingerprint density at radius 1 is 1.00 bits per heavy atom. The Labute approximate surface area is 161 Å². The molecule has 27 heavy (non-hydrogen) atoms. The molecule has 2 aromatic carbocycles. The number of carbonyl (C=O) groups is 1. The number of sulfonamides is 1. The zero-order valence-electron chi connectivity index (χ0n) is 15.8. The van der Waals surface area contributed by atoms with Crippen molar-refractivity contribution >= 4 is 16.0 Å². The van der Waals surface area contributed by atoms with Gasteiger partial charge in [-0.25, -0.2) is 8.42 Å². The van der Waals surface area contributed by atoms with E-state index in [1.807, 2.05) is 26.0 Å². The van der Waals surface area contributed by atoms with Crippen LogP contribution in [0, 0.1) is 13.8 Å². The van der Waals surface area contributed by atoms with Gasteiger partial charge in [0.15, 0.2) is 0 Å². The molecule has 0 spiro atoms. The highest BCUT2D eigenvalue weighted by Crippen LogP contribution is 2.22. The second-order valence-corrected chi connectivity index (χ2v) is 8.91. The second kappa shape index (κ2) is 8.23. The Hall–Kier alpha value is -2.18. The number of nitrogens with zero attached hydrogens (tertiary/aromatic N) is 1. The standard InChI is InChI=1S/C21H25NO4S/c1-16-5-9-19(15-17(16)2)26-21(23)12-8-18-6-10-20(11-7-18)27(24,25)22-13-3-4-14-22/h5-7,9-11,15H,3-4,8,12-14H2,1-2H3. The average molecular weight is 388 g/mol. The average Bonchev–Trinajstić information content (AvgIpc) is 3.19. The predicted molar refractivity (Wildman–Crippen MR) is 104 cm³/mol. The van der Waals surface area contributed by atoms with Gasteiger partial charge < -0.3 is 4.74 Å². The van der Waals surface area contributed by atoms with Crippen LogP contribution in [0.4, 0.5) is 0 Å². The molecule has 3 rings (SSSR count). The summed E-state index contributed by atoms with van der Waals surface area (Å²) < 4.78 is 31.9. The van der Waals surface area contributed by atoms with Crippen LogP contribution in [0.15, 0.2) is 47.4 Å². The Morgan fingerprint density at radius 3 is 2.30 bits per heavy atom. The first-order valence-corrected chi connectivity index (χ1v) is 10.7. The van der Waals surface area contributed by atoms with Crippen LogP contribution in [-0.2, 0) is 21.2 Å². The van der Waals surface area contributed by atoms with Crippen LogP contribution in [0.25, 0.3) is 0 Å². The molecule has 0 unspecified atom stereocenters. The van der Waals surface area contributed by atoms with Gasteiger partial charge >= 0.3 is 5.97 Å². The summed E-state index contributed by atoms with van der Waals surface area (Å²) in [5.74, 6) is 0.252. The van der Waals surface area contributed by atoms with Gasteiger partial charge in [0.2, 0.25) is 10.0 Å². The van der Waals surface area contributed by atoms with Gasteiger partial charge in [0, 0.05) is 19.5 Å². The maximum atomic E-state index is 12.5. The zero-order valence-corrected chi connectivity index (χ0v) is 16.6. The summed E-state index contributed by atoms with van der Waals surface area (Å²) in [6.07, 6.45) is 2.58. The molecule has 6 heteroatoms. The van der Waals surface area contributed by atoms with Crippen molar-refractivity contribution in [1.29, 1.82) is 0 Å². The minimum atomic E-state index is -3.39. The van der Waals surface area contributed by atoms with E-state index >= 15 is 0 Å². The van der Waals surface area contributed by atoms with Crippen molar-refractivity contribution in [3.63, 3.8) is 0 Å². The fourth-order valence-electron chi connectivity index (χ4n) is 3.11. The SMILES string of the molecule is Cc1ccc(OC(=O)CCc2ccc(S(=O)(=O)N3CCCC3)cc2)cc1C. The summed E-state index contributed by atoms with van der Waals surface area (Å²) in [6, 6.07) is 12.4. The number of ether oxygens (including phenoxy) is 1. The fraction of sp³-hybridized carbons (Fsp3) is 0.381. The zero-order chi connectivity index (χ0) is 19.4. The number of hydrogen-bond donors (Lipinski definition) is 0. The topological polar surface area (TPSA) is 63.7 Å². The van der Waals surface area contributed by atoms with Crippen molar-refractivity contribution in [2.75, 3.05) is 13.1 Å². The molecular formula is C21H25NO4S. The quantitative estimate of drug-likeness (QED) is 0.561. The Morgan fingerprint density at radius 2 is 1.67 bits per heavy atom. The van der Waals surface area contributed by atoms with Gasteiger partial charge in [0.25, 0.3) is 0 Å². The van der Waals surface area contributed by atoms with Crippen molar-refractivity contribution in [2.45, 2.75) is 44.4 Å². The first kappa shape index (κ1) is 19.6. The monoisotopic (exact) mass is 387 g/mol. The molecule has 0 N–H and O–H groups in total. The summed E-state index contributed by atoms with van der Waals surface area (Å²) in [5, 5.41) is 0. The lowest BCUT2D eigenvalue weighted by atomic mass is 10.1. The smallest absolute Gasteiger partial charge is 0.311 e. The van der Waals surface area contributed by atoms with Crippen LogP contribution < -0.4 is 4.74 Å². The molecule has 0 saturated carbocycles. The molecule has 1 fully saturated rings. The third-order valence-corrected chi connectivity index (χ3v) is 6.87. The maximum absolute atomic E-state index is 12.5. The van der Waals surface area contributed by atoms with E-state index in [4.69, 9.17) is 4.74 Å². The van der Waals surface area contributed by atoms with Crippen molar-refractivity contribution < 1.29 is 17.9 Å². The minimum absolute atomic E-state index is 0.241. The summed E-state index contributed by atoms with van der Waals surface area (Å²) in [4.78, 5) is 12.4. The largest absolute Gasteiger partial charge is 0.427 e. The highest BCUT2D eigenvalue weighted by Gasteiger charge is 2.26. The molecular weight excluding hydrogens is 362 g/mol. The molecule has 0 amide bonds. The number of benzene rings is 2. The van der Waals surface area contributed by atoms with E-state index < -0.39 is 10.0 Å². The minimum Gasteiger partial charge on any atom is -0.427 e. The van der Waals surface area contributed by atoms with Crippen LogP contribution >= 0.6 is 0 Å². The number of carbonyl (C=O) groups excluding carboxylic acids is 1. The number of esters is 1. The number of rotatable bonds is 6. The van der Waals surface area contributed by atoms with Crippen LogP contribution in [0.5, 0.6) is 5.75 Å². The van der Waals surface area contributed by atoms with Gasteiger partial charge in [-0.15, -0.1) is 0 Å². The molecule has 2 aromatic rings. The van der Waals surface area contributed by atoms with Crippen LogP contribution in [-0.4, -0.2) is 31.8 Å². The van der Waals surface area contributed by atoms with E-state index in [1.54, 1.807) is 30.3 Å². The van der Waals surface area contributed by atoms with Gasteiger partial charge in [0.05, 0.1) is 4.90 Å². The van der Waals surface area contributed by atoms with Crippen LogP contribution in [0.1, 0.15) is 36.0 Å². The number of hydrogen-bond acceptors (Lipinski definition) is 4. The first-order chi connectivity index (χ1) is 12.9. The summed E-state index contributed by atoms with van der Waals surface area (Å²) in [7, 11) is -3.39. The molecule has 0 radical (unpaired) electrons. The Balaban J connectivity index is 1.56. The molecule has 0 atom stereocenters. The van der Waals surface area contributed by atoms with Crippen molar-refractivity contribution in [2.24, 2.45) is 0 Å². The Bertz CT molecular complexity index is 914. The van der Waals surface area contributed by atoms with Crippen LogP contribution in [0.2, 0.25) is 0 Å². The third kappa shape index (κ3) is 4.76. The van der Waals surface area contributed by atoms with Gasteiger partial charge in [0.1, 0.15) is 5.75 Å². The normalized spacial score (nSPS) is 15.0. The van der Waals surface area contributed by atoms with Gasteiger partial charge in [-0.05, 0) is 74.1 Å². The molecule has 0 aromatic heterocycles. The van der Waals surface area contributed by atoms with E-state index in [-0.39, 0.29) is 12.4 Å². The number of aryl methyl sites for hydroxylation is 3. The second-order valence-electron chi connectivity index (χ2n) is 6.98. The van der Waals surface area contributed by atoms with E-state index in [2.05, 4.69) is 0 Å². The fourth-order valence-corrected chi connectivity index (χ4v) is 4.63. The summed E-state index contributed by atoms with van der Waals surface area (Å²) >= 11 is 0. The third-order valence-electron chi connectivity index (χ3n) is 4.95. The lowest BCUT2D eigenvalue weighted by Crippen LogP contribution is -2.27. The Kier molecular flexibility index (Phi) is 5.97. The van der Waals surface area contributed by atoms with E-state index in [0.29, 0.717) is 30.2 Å². The molecule has 0 aliphatic carbocycles. The lowest BCUT2D eigenvalue weighted by Gasteiger charge is -2.15. The van der Waals surface area contributed by atoms with Gasteiger partial charge in [-0.2, -0.15) is 4.31 Å². The van der Waals surface area contributed by atoms with E-state index in [0.717, 1.165) is 29.5 Å².